The second kappa shape index (κ2) is 8.99. The summed E-state index contributed by atoms with van der Waals surface area (Å²) in [6.07, 6.45) is 0. The van der Waals surface area contributed by atoms with Crippen LogP contribution in [0.2, 0.25) is 0 Å². The smallest absolute Gasteiger partial charge is 0.254 e. The van der Waals surface area contributed by atoms with Crippen LogP contribution in [0.1, 0.15) is 10.4 Å². The zero-order valence-corrected chi connectivity index (χ0v) is 17.5. The Morgan fingerprint density at radius 3 is 2.32 bits per heavy atom. The highest BCUT2D eigenvalue weighted by molar-refractivity contribution is 5.94. The second-order valence-electron chi connectivity index (χ2n) is 7.51. The summed E-state index contributed by atoms with van der Waals surface area (Å²) in [5.74, 6) is 2.30. The fourth-order valence-electron chi connectivity index (χ4n) is 3.38. The van der Waals surface area contributed by atoms with E-state index in [0.717, 1.165) is 11.6 Å². The van der Waals surface area contributed by atoms with E-state index >= 15 is 0 Å². The number of benzene rings is 2. The van der Waals surface area contributed by atoms with Gasteiger partial charge in [0.15, 0.2) is 11.6 Å². The monoisotopic (exact) mass is 421 g/mol. The van der Waals surface area contributed by atoms with Crippen LogP contribution >= 0.6 is 0 Å². The molecule has 0 unspecified atom stereocenters. The van der Waals surface area contributed by atoms with E-state index in [9.17, 15) is 9.18 Å². The third-order valence-corrected chi connectivity index (χ3v) is 5.12. The van der Waals surface area contributed by atoms with Gasteiger partial charge in [0.1, 0.15) is 17.3 Å². The number of nitrogens with zero attached hydrogens (tertiary/aromatic N) is 5. The Bertz CT molecular complexity index is 1030. The standard InChI is InChI=1S/C23H24FN5O2/c1-27(2)21-10-11-22(26-25-21)28-12-14-29(15-13-28)23(30)17-4-3-5-20(16-17)31-19-8-6-18(24)7-9-19/h3-11,16H,12-15H2,1-2H3. The number of hydrogen-bond acceptors (Lipinski definition) is 6. The lowest BCUT2D eigenvalue weighted by atomic mass is 10.1. The maximum absolute atomic E-state index is 13.1. The molecule has 0 radical (unpaired) electrons. The molecule has 8 heteroatoms. The maximum Gasteiger partial charge on any atom is 0.254 e. The van der Waals surface area contributed by atoms with E-state index in [4.69, 9.17) is 4.74 Å². The number of ether oxygens (including phenoxy) is 1. The van der Waals surface area contributed by atoms with Crippen molar-refractivity contribution in [3.05, 3.63) is 72.0 Å². The Balaban J connectivity index is 1.37. The van der Waals surface area contributed by atoms with Gasteiger partial charge in [-0.3, -0.25) is 4.79 Å². The molecule has 4 rings (SSSR count). The average molecular weight is 421 g/mol. The van der Waals surface area contributed by atoms with Crippen molar-refractivity contribution in [3.63, 3.8) is 0 Å². The average Bonchev–Trinajstić information content (AvgIpc) is 2.80. The lowest BCUT2D eigenvalue weighted by Gasteiger charge is -2.35. The molecule has 160 valence electrons. The summed E-state index contributed by atoms with van der Waals surface area (Å²) in [4.78, 5) is 18.8. The van der Waals surface area contributed by atoms with Crippen LogP contribution in [0.15, 0.2) is 60.7 Å². The first kappa shape index (κ1) is 20.6. The number of halogens is 1. The minimum Gasteiger partial charge on any atom is -0.457 e. The Morgan fingerprint density at radius 2 is 1.68 bits per heavy atom. The van der Waals surface area contributed by atoms with Crippen LogP contribution in [0.25, 0.3) is 0 Å². The van der Waals surface area contributed by atoms with Crippen molar-refractivity contribution in [2.45, 2.75) is 0 Å². The summed E-state index contributed by atoms with van der Waals surface area (Å²) in [6, 6.07) is 16.7. The van der Waals surface area contributed by atoms with Gasteiger partial charge in [-0.05, 0) is 54.6 Å². The lowest BCUT2D eigenvalue weighted by Crippen LogP contribution is -2.49. The SMILES string of the molecule is CN(C)c1ccc(N2CCN(C(=O)c3cccc(Oc4ccc(F)cc4)c3)CC2)nn1. The van der Waals surface area contributed by atoms with Crippen LogP contribution in [0.3, 0.4) is 0 Å². The van der Waals surface area contributed by atoms with Crippen molar-refractivity contribution >= 4 is 17.5 Å². The van der Waals surface area contributed by atoms with Gasteiger partial charge >= 0.3 is 0 Å². The highest BCUT2D eigenvalue weighted by atomic mass is 19.1. The van der Waals surface area contributed by atoms with Crippen LogP contribution in [0, 0.1) is 5.82 Å². The largest absolute Gasteiger partial charge is 0.457 e. The van der Waals surface area contributed by atoms with Gasteiger partial charge in [-0.1, -0.05) is 6.07 Å². The predicted molar refractivity (Wildman–Crippen MR) is 117 cm³/mol. The van der Waals surface area contributed by atoms with Gasteiger partial charge < -0.3 is 19.4 Å². The minimum absolute atomic E-state index is 0.0433. The van der Waals surface area contributed by atoms with Crippen molar-refractivity contribution in [1.82, 2.24) is 15.1 Å². The normalized spacial score (nSPS) is 13.8. The highest BCUT2D eigenvalue weighted by Gasteiger charge is 2.23. The van der Waals surface area contributed by atoms with Crippen molar-refractivity contribution < 1.29 is 13.9 Å². The van der Waals surface area contributed by atoms with Crippen molar-refractivity contribution in [2.75, 3.05) is 50.1 Å². The molecule has 0 aliphatic carbocycles. The van der Waals surface area contributed by atoms with E-state index in [1.165, 1.54) is 12.1 Å². The third kappa shape index (κ3) is 4.91. The number of anilines is 2. The lowest BCUT2D eigenvalue weighted by molar-refractivity contribution is 0.0746. The predicted octanol–water partition coefficient (Wildman–Crippen LogP) is 3.44. The fraction of sp³-hybridized carbons (Fsp3) is 0.261. The molecule has 2 heterocycles. The van der Waals surface area contributed by atoms with Crippen LogP contribution in [-0.2, 0) is 0 Å². The van der Waals surface area contributed by atoms with E-state index < -0.39 is 0 Å². The van der Waals surface area contributed by atoms with E-state index in [0.29, 0.717) is 43.2 Å². The summed E-state index contributed by atoms with van der Waals surface area (Å²) in [6.45, 7) is 2.57. The highest BCUT2D eigenvalue weighted by Crippen LogP contribution is 2.23. The van der Waals surface area contributed by atoms with Crippen LogP contribution < -0.4 is 14.5 Å². The van der Waals surface area contributed by atoms with Crippen molar-refractivity contribution in [3.8, 4) is 11.5 Å². The summed E-state index contributed by atoms with van der Waals surface area (Å²) >= 11 is 0. The molecule has 31 heavy (non-hydrogen) atoms. The zero-order chi connectivity index (χ0) is 21.8. The number of carbonyl (C=O) groups excluding carboxylic acids is 1. The second-order valence-corrected chi connectivity index (χ2v) is 7.51. The van der Waals surface area contributed by atoms with Gasteiger partial charge in [-0.15, -0.1) is 10.2 Å². The fourth-order valence-corrected chi connectivity index (χ4v) is 3.38. The Labute approximate surface area is 180 Å². The Hall–Kier alpha value is -3.68. The quantitative estimate of drug-likeness (QED) is 0.629. The van der Waals surface area contributed by atoms with Gasteiger partial charge in [0.05, 0.1) is 0 Å². The van der Waals surface area contributed by atoms with Gasteiger partial charge in [0.2, 0.25) is 0 Å². The minimum atomic E-state index is -0.324. The first-order valence-electron chi connectivity index (χ1n) is 10.1. The summed E-state index contributed by atoms with van der Waals surface area (Å²) in [7, 11) is 3.85. The van der Waals surface area contributed by atoms with E-state index in [2.05, 4.69) is 15.1 Å². The zero-order valence-electron chi connectivity index (χ0n) is 17.5. The van der Waals surface area contributed by atoms with Crippen LogP contribution in [0.5, 0.6) is 11.5 Å². The molecular weight excluding hydrogens is 397 g/mol. The number of aromatic nitrogens is 2. The van der Waals surface area contributed by atoms with Crippen molar-refractivity contribution in [1.29, 1.82) is 0 Å². The molecule has 7 nitrogen and oxygen atoms in total. The molecule has 0 spiro atoms. The molecule has 3 aromatic rings. The Morgan fingerprint density at radius 1 is 0.935 bits per heavy atom. The molecule has 0 bridgehead atoms. The number of hydrogen-bond donors (Lipinski definition) is 0. The number of piperazine rings is 1. The van der Waals surface area contributed by atoms with Crippen LogP contribution in [0.4, 0.5) is 16.0 Å². The molecule has 1 saturated heterocycles. The third-order valence-electron chi connectivity index (χ3n) is 5.12. The number of carbonyl (C=O) groups is 1. The summed E-state index contributed by atoms with van der Waals surface area (Å²) in [5.41, 5.74) is 0.559. The first-order valence-corrected chi connectivity index (χ1v) is 10.1. The molecule has 1 aromatic heterocycles. The molecule has 2 aromatic carbocycles. The van der Waals surface area contributed by atoms with Crippen LogP contribution in [-0.4, -0.2) is 61.3 Å². The van der Waals surface area contributed by atoms with E-state index in [1.54, 1.807) is 36.4 Å². The van der Waals surface area contributed by atoms with E-state index in [-0.39, 0.29) is 11.7 Å². The van der Waals surface area contributed by atoms with Gasteiger partial charge in [-0.2, -0.15) is 0 Å². The summed E-state index contributed by atoms with van der Waals surface area (Å²) < 4.78 is 18.8. The molecule has 0 saturated carbocycles. The number of amides is 1. The molecule has 0 N–H and O–H groups in total. The maximum atomic E-state index is 13.1. The van der Waals surface area contributed by atoms with Gasteiger partial charge in [-0.25, -0.2) is 4.39 Å². The number of rotatable bonds is 5. The topological polar surface area (TPSA) is 61.8 Å². The van der Waals surface area contributed by atoms with Crippen molar-refractivity contribution in [2.24, 2.45) is 0 Å². The van der Waals surface area contributed by atoms with Gasteiger partial charge in [0.25, 0.3) is 5.91 Å². The molecule has 1 aliphatic heterocycles. The first-order chi connectivity index (χ1) is 15.0. The molecule has 0 atom stereocenters. The molecular formula is C23H24FN5O2. The van der Waals surface area contributed by atoms with E-state index in [1.807, 2.05) is 36.0 Å². The molecule has 1 amide bonds. The van der Waals surface area contributed by atoms with Gasteiger partial charge in [0, 0.05) is 45.8 Å². The Kier molecular flexibility index (Phi) is 5.97. The molecule has 1 aliphatic rings. The molecule has 1 fully saturated rings. The summed E-state index contributed by atoms with van der Waals surface area (Å²) in [5, 5.41) is 8.52.